The van der Waals surface area contributed by atoms with Crippen molar-refractivity contribution < 1.29 is 19.1 Å². The van der Waals surface area contributed by atoms with Gasteiger partial charge in [-0.2, -0.15) is 5.26 Å². The Morgan fingerprint density at radius 1 is 0.614 bits per heavy atom. The molecule has 332 valence electrons. The van der Waals surface area contributed by atoms with Gasteiger partial charge in [-0.1, -0.05) is 148 Å². The van der Waals surface area contributed by atoms with Gasteiger partial charge in [0.2, 0.25) is 5.96 Å². The van der Waals surface area contributed by atoms with Crippen molar-refractivity contribution in [2.45, 2.75) is 226 Å². The van der Waals surface area contributed by atoms with E-state index in [1.807, 2.05) is 31.3 Å². The van der Waals surface area contributed by atoms with Crippen LogP contribution in [0.4, 0.5) is 0 Å². The van der Waals surface area contributed by atoms with E-state index in [9.17, 15) is 9.59 Å². The van der Waals surface area contributed by atoms with Crippen molar-refractivity contribution in [3.63, 3.8) is 0 Å². The highest BCUT2D eigenvalue weighted by Gasteiger charge is 2.14. The molecular formula is C48H91N5O4. The summed E-state index contributed by atoms with van der Waals surface area (Å²) in [6.45, 7) is 10.9. The molecule has 9 nitrogen and oxygen atoms in total. The first-order valence-electron chi connectivity index (χ1n) is 24.0. The molecule has 0 amide bonds. The van der Waals surface area contributed by atoms with Crippen LogP contribution in [0.15, 0.2) is 17.1 Å². The maximum absolute atomic E-state index is 12.8. The van der Waals surface area contributed by atoms with Crippen LogP contribution in [0.1, 0.15) is 220 Å². The number of hydrogen-bond acceptors (Lipinski definition) is 7. The zero-order chi connectivity index (χ0) is 41.9. The number of carbonyl (C=O) groups excluding carboxylic acids is 2. The standard InChI is InChI=1S/C48H91N5O4/c1-6-9-12-15-17-26-33-43-56-46(54)37-29-22-18-24-31-40-53(42-34-39-50-48(51-44-49)52(4)5)41-32-25-19-23-30-38-47(55)57-45(35-27-20-14-11-8-3)36-28-21-16-13-10-7-2/h26,33,45H,6-25,27-32,34-43H2,1-5H3,(H,50,51)/b33-26-. The number of nitrogens with one attached hydrogen (secondary N) is 1. The quantitative estimate of drug-likeness (QED) is 0.0124. The predicted octanol–water partition coefficient (Wildman–Crippen LogP) is 12.4. The summed E-state index contributed by atoms with van der Waals surface area (Å²) in [6, 6.07) is 0. The van der Waals surface area contributed by atoms with E-state index in [0.29, 0.717) is 32.0 Å². The van der Waals surface area contributed by atoms with E-state index in [1.54, 1.807) is 0 Å². The zero-order valence-electron chi connectivity index (χ0n) is 38.1. The van der Waals surface area contributed by atoms with E-state index >= 15 is 0 Å². The Morgan fingerprint density at radius 3 is 1.63 bits per heavy atom. The second-order valence-corrected chi connectivity index (χ2v) is 16.4. The number of carbonyl (C=O) groups is 2. The Kier molecular flexibility index (Phi) is 41.0. The summed E-state index contributed by atoms with van der Waals surface area (Å²) in [4.78, 5) is 33.9. The number of aliphatic imine (C=N–C) groups is 1. The molecule has 57 heavy (non-hydrogen) atoms. The van der Waals surface area contributed by atoms with Gasteiger partial charge in [0.15, 0.2) is 6.19 Å². The van der Waals surface area contributed by atoms with Crippen molar-refractivity contribution in [2.24, 2.45) is 4.99 Å². The van der Waals surface area contributed by atoms with Crippen LogP contribution in [0.3, 0.4) is 0 Å². The van der Waals surface area contributed by atoms with Crippen molar-refractivity contribution in [1.82, 2.24) is 15.1 Å². The third kappa shape index (κ3) is 38.7. The lowest BCUT2D eigenvalue weighted by atomic mass is 10.0. The van der Waals surface area contributed by atoms with Gasteiger partial charge >= 0.3 is 11.9 Å². The molecule has 0 radical (unpaired) electrons. The monoisotopic (exact) mass is 802 g/mol. The molecule has 0 rings (SSSR count). The van der Waals surface area contributed by atoms with E-state index in [0.717, 1.165) is 103 Å². The van der Waals surface area contributed by atoms with Gasteiger partial charge in [0, 0.05) is 33.5 Å². The van der Waals surface area contributed by atoms with Gasteiger partial charge in [-0.15, -0.1) is 0 Å². The van der Waals surface area contributed by atoms with E-state index < -0.39 is 0 Å². The molecule has 0 heterocycles. The molecule has 0 aliphatic heterocycles. The van der Waals surface area contributed by atoms with Gasteiger partial charge < -0.3 is 19.3 Å². The lowest BCUT2D eigenvalue weighted by Gasteiger charge is -2.22. The van der Waals surface area contributed by atoms with E-state index in [-0.39, 0.29) is 18.0 Å². The lowest BCUT2D eigenvalue weighted by Crippen LogP contribution is -2.34. The molecule has 0 bridgehead atoms. The highest BCUT2D eigenvalue weighted by atomic mass is 16.5. The number of allylic oxidation sites excluding steroid dienone is 1. The van der Waals surface area contributed by atoms with Crippen LogP contribution in [-0.2, 0) is 19.1 Å². The average molecular weight is 802 g/mol. The topological polar surface area (TPSA) is 107 Å². The first-order valence-corrected chi connectivity index (χ1v) is 24.0. The van der Waals surface area contributed by atoms with Crippen LogP contribution in [0.25, 0.3) is 0 Å². The van der Waals surface area contributed by atoms with Crippen molar-refractivity contribution >= 4 is 17.9 Å². The van der Waals surface area contributed by atoms with Gasteiger partial charge in [0.05, 0.1) is 0 Å². The van der Waals surface area contributed by atoms with Gasteiger partial charge in [-0.25, -0.2) is 0 Å². The average Bonchev–Trinajstić information content (AvgIpc) is 3.19. The number of ether oxygens (including phenoxy) is 2. The van der Waals surface area contributed by atoms with Crippen molar-refractivity contribution in [2.75, 3.05) is 46.9 Å². The summed E-state index contributed by atoms with van der Waals surface area (Å²) in [7, 11) is 3.78. The van der Waals surface area contributed by atoms with Crippen molar-refractivity contribution in [3.8, 4) is 6.19 Å². The maximum atomic E-state index is 12.8. The first-order chi connectivity index (χ1) is 27.9. The minimum absolute atomic E-state index is 0.00642. The van der Waals surface area contributed by atoms with E-state index in [4.69, 9.17) is 14.7 Å². The summed E-state index contributed by atoms with van der Waals surface area (Å²) in [5, 5.41) is 11.7. The zero-order valence-corrected chi connectivity index (χ0v) is 38.1. The minimum atomic E-state index is -0.0854. The number of hydrogen-bond donors (Lipinski definition) is 1. The number of esters is 2. The summed E-state index contributed by atoms with van der Waals surface area (Å²) < 4.78 is 11.4. The lowest BCUT2D eigenvalue weighted by molar-refractivity contribution is -0.150. The summed E-state index contributed by atoms with van der Waals surface area (Å²) in [6.07, 6.45) is 41.1. The molecular weight excluding hydrogens is 711 g/mol. The largest absolute Gasteiger partial charge is 0.462 e. The fourth-order valence-electron chi connectivity index (χ4n) is 7.15. The third-order valence-electron chi connectivity index (χ3n) is 10.7. The maximum Gasteiger partial charge on any atom is 0.306 e. The Labute approximate surface area is 352 Å². The van der Waals surface area contributed by atoms with Gasteiger partial charge in [0.25, 0.3) is 0 Å². The molecule has 0 spiro atoms. The van der Waals surface area contributed by atoms with Crippen LogP contribution in [0.2, 0.25) is 0 Å². The number of unbranched alkanes of at least 4 members (excludes halogenated alkanes) is 21. The minimum Gasteiger partial charge on any atom is -0.462 e. The van der Waals surface area contributed by atoms with E-state index in [2.05, 4.69) is 42.1 Å². The number of rotatable bonds is 41. The van der Waals surface area contributed by atoms with Crippen LogP contribution < -0.4 is 5.32 Å². The summed E-state index contributed by atoms with van der Waals surface area (Å²) in [5.74, 6) is 0.520. The van der Waals surface area contributed by atoms with E-state index in [1.165, 1.54) is 103 Å². The van der Waals surface area contributed by atoms with Crippen LogP contribution in [0.5, 0.6) is 0 Å². The summed E-state index contributed by atoms with van der Waals surface area (Å²) >= 11 is 0. The normalized spacial score (nSPS) is 12.3. The SMILES string of the molecule is CCCCCC/C=C\COC(=O)CCCCCCCN(CCCCCCCC(=O)OC(CCCCCCC)CCCCCCCC)CCCN=C(NC#N)N(C)C. The van der Waals surface area contributed by atoms with Crippen molar-refractivity contribution in [3.05, 3.63) is 12.2 Å². The molecule has 0 saturated carbocycles. The Bertz CT molecular complexity index is 1010. The molecule has 0 aromatic carbocycles. The summed E-state index contributed by atoms with van der Waals surface area (Å²) in [5.41, 5.74) is 0. The molecule has 0 fully saturated rings. The van der Waals surface area contributed by atoms with Crippen molar-refractivity contribution in [1.29, 1.82) is 5.26 Å². The molecule has 9 heteroatoms. The number of nitrogens with zero attached hydrogens (tertiary/aromatic N) is 4. The Balaban J connectivity index is 4.52. The second-order valence-electron chi connectivity index (χ2n) is 16.4. The smallest absolute Gasteiger partial charge is 0.306 e. The predicted molar refractivity (Wildman–Crippen MR) is 241 cm³/mol. The molecule has 1 N–H and O–H groups in total. The fourth-order valence-corrected chi connectivity index (χ4v) is 7.15. The molecule has 0 aromatic rings. The third-order valence-corrected chi connectivity index (χ3v) is 10.7. The molecule has 1 atom stereocenters. The van der Waals surface area contributed by atoms with Crippen LogP contribution in [0, 0.1) is 11.5 Å². The molecule has 1 unspecified atom stereocenters. The highest BCUT2D eigenvalue weighted by molar-refractivity contribution is 5.80. The van der Waals surface area contributed by atoms with Gasteiger partial charge in [-0.3, -0.25) is 19.9 Å². The molecule has 0 aliphatic rings. The Morgan fingerprint density at radius 2 is 1.09 bits per heavy atom. The fraction of sp³-hybridized carbons (Fsp3) is 0.875. The van der Waals surface area contributed by atoms with Gasteiger partial charge in [-0.05, 0) is 90.3 Å². The van der Waals surface area contributed by atoms with Gasteiger partial charge in [0.1, 0.15) is 12.7 Å². The molecule has 0 aromatic heterocycles. The van der Waals surface area contributed by atoms with Crippen LogP contribution >= 0.6 is 0 Å². The molecule has 0 saturated heterocycles. The van der Waals surface area contributed by atoms with Crippen LogP contribution in [-0.4, -0.2) is 80.7 Å². The molecule has 0 aliphatic carbocycles. The highest BCUT2D eigenvalue weighted by Crippen LogP contribution is 2.18. The first kappa shape index (κ1) is 54.4. The Hall–Kier alpha value is -2.60. The second kappa shape index (κ2) is 43.0. The number of guanidine groups is 1. The number of nitriles is 1.